The second kappa shape index (κ2) is 8.39. The van der Waals surface area contributed by atoms with E-state index < -0.39 is 0 Å². The molecule has 0 unspecified atom stereocenters. The van der Waals surface area contributed by atoms with Crippen molar-refractivity contribution in [2.45, 2.75) is 20.1 Å². The van der Waals surface area contributed by atoms with Gasteiger partial charge in [-0.15, -0.1) is 0 Å². The minimum atomic E-state index is 0.602. The molecule has 0 radical (unpaired) electrons. The summed E-state index contributed by atoms with van der Waals surface area (Å²) in [5.41, 5.74) is 4.44. The molecule has 2 aromatic rings. The largest absolute Gasteiger partial charge is 0.382 e. The molecule has 4 heteroatoms. The zero-order valence-electron chi connectivity index (χ0n) is 12.6. The molecule has 1 N–H and O–H groups in total. The van der Waals surface area contributed by atoms with Gasteiger partial charge >= 0.3 is 0 Å². The number of ether oxygens (including phenoxy) is 2. The van der Waals surface area contributed by atoms with E-state index in [1.54, 1.807) is 7.11 Å². The molecule has 1 aromatic heterocycles. The van der Waals surface area contributed by atoms with Crippen molar-refractivity contribution in [1.29, 1.82) is 0 Å². The average Bonchev–Trinajstić information content (AvgIpc) is 2.52. The van der Waals surface area contributed by atoms with E-state index in [-0.39, 0.29) is 0 Å². The molecule has 112 valence electrons. The number of methoxy groups -OCH3 is 1. The number of benzene rings is 1. The van der Waals surface area contributed by atoms with Crippen LogP contribution in [-0.4, -0.2) is 25.3 Å². The number of rotatable bonds is 8. The zero-order chi connectivity index (χ0) is 14.9. The van der Waals surface area contributed by atoms with E-state index in [9.17, 15) is 0 Å². The molecule has 0 aliphatic heterocycles. The van der Waals surface area contributed by atoms with Crippen LogP contribution in [0.25, 0.3) is 0 Å². The van der Waals surface area contributed by atoms with Crippen molar-refractivity contribution in [2.24, 2.45) is 0 Å². The molecule has 0 aliphatic carbocycles. The molecule has 0 aliphatic rings. The first-order valence-electron chi connectivity index (χ1n) is 7.09. The molecule has 0 bridgehead atoms. The van der Waals surface area contributed by atoms with Crippen molar-refractivity contribution in [3.8, 4) is 0 Å². The van der Waals surface area contributed by atoms with Gasteiger partial charge in [0.15, 0.2) is 0 Å². The van der Waals surface area contributed by atoms with Crippen LogP contribution >= 0.6 is 0 Å². The van der Waals surface area contributed by atoms with Gasteiger partial charge in [0, 0.05) is 31.2 Å². The summed E-state index contributed by atoms with van der Waals surface area (Å²) < 4.78 is 10.5. The predicted octanol–water partition coefficient (Wildman–Crippen LogP) is 3.17. The van der Waals surface area contributed by atoms with Crippen molar-refractivity contribution < 1.29 is 9.47 Å². The Balaban J connectivity index is 1.84. The van der Waals surface area contributed by atoms with Crippen LogP contribution in [0.3, 0.4) is 0 Å². The molecule has 21 heavy (non-hydrogen) atoms. The molecule has 4 nitrogen and oxygen atoms in total. The van der Waals surface area contributed by atoms with E-state index in [0.29, 0.717) is 19.8 Å². The third-order valence-electron chi connectivity index (χ3n) is 3.10. The number of anilines is 1. The van der Waals surface area contributed by atoms with Crippen LogP contribution in [0.15, 0.2) is 42.6 Å². The van der Waals surface area contributed by atoms with Gasteiger partial charge in [-0.25, -0.2) is 0 Å². The fourth-order valence-corrected chi connectivity index (χ4v) is 1.91. The summed E-state index contributed by atoms with van der Waals surface area (Å²) in [6.45, 7) is 4.60. The molecule has 1 aromatic carbocycles. The zero-order valence-corrected chi connectivity index (χ0v) is 12.6. The standard InChI is InChI=1S/C17H22N2O2/c1-14-6-7-16(11-18-14)12-19-17-5-3-4-15(10-17)13-21-9-8-20-2/h3-7,10-11,19H,8-9,12-13H2,1-2H3. The van der Waals surface area contributed by atoms with Gasteiger partial charge in [-0.05, 0) is 36.2 Å². The lowest BCUT2D eigenvalue weighted by atomic mass is 10.2. The second-order valence-electron chi connectivity index (χ2n) is 4.91. The van der Waals surface area contributed by atoms with Crippen LogP contribution in [0.2, 0.25) is 0 Å². The van der Waals surface area contributed by atoms with Gasteiger partial charge < -0.3 is 14.8 Å². The molecule has 0 spiro atoms. The van der Waals surface area contributed by atoms with E-state index in [2.05, 4.69) is 34.6 Å². The number of hydrogen-bond acceptors (Lipinski definition) is 4. The summed E-state index contributed by atoms with van der Waals surface area (Å²) in [4.78, 5) is 4.30. The molecule has 0 amide bonds. The van der Waals surface area contributed by atoms with Gasteiger partial charge in [0.25, 0.3) is 0 Å². The summed E-state index contributed by atoms with van der Waals surface area (Å²) in [7, 11) is 1.67. The van der Waals surface area contributed by atoms with Gasteiger partial charge in [0.2, 0.25) is 0 Å². The van der Waals surface area contributed by atoms with Crippen LogP contribution in [-0.2, 0) is 22.6 Å². The van der Waals surface area contributed by atoms with Gasteiger partial charge in [-0.1, -0.05) is 18.2 Å². The Hall–Kier alpha value is -1.91. The smallest absolute Gasteiger partial charge is 0.0718 e. The molecule has 0 fully saturated rings. The lowest BCUT2D eigenvalue weighted by molar-refractivity contribution is 0.0617. The quantitative estimate of drug-likeness (QED) is 0.757. The molecular weight excluding hydrogens is 264 g/mol. The van der Waals surface area contributed by atoms with Crippen LogP contribution < -0.4 is 5.32 Å². The summed E-state index contributed by atoms with van der Waals surface area (Å²) >= 11 is 0. The molecule has 1 heterocycles. The van der Waals surface area contributed by atoms with E-state index in [0.717, 1.165) is 23.5 Å². The minimum Gasteiger partial charge on any atom is -0.382 e. The van der Waals surface area contributed by atoms with Crippen LogP contribution in [0, 0.1) is 6.92 Å². The Labute approximate surface area is 126 Å². The average molecular weight is 286 g/mol. The highest BCUT2D eigenvalue weighted by Crippen LogP contribution is 2.13. The molecule has 0 atom stereocenters. The van der Waals surface area contributed by atoms with E-state index in [1.165, 1.54) is 5.56 Å². The first-order valence-corrected chi connectivity index (χ1v) is 7.09. The number of nitrogens with zero attached hydrogens (tertiary/aromatic N) is 1. The van der Waals surface area contributed by atoms with Gasteiger partial charge in [-0.3, -0.25) is 4.98 Å². The molecule has 0 saturated carbocycles. The fourth-order valence-electron chi connectivity index (χ4n) is 1.91. The maximum absolute atomic E-state index is 5.53. The van der Waals surface area contributed by atoms with Crippen LogP contribution in [0.5, 0.6) is 0 Å². The molecule has 2 rings (SSSR count). The summed E-state index contributed by atoms with van der Waals surface area (Å²) in [6.07, 6.45) is 1.90. The number of aryl methyl sites for hydroxylation is 1. The van der Waals surface area contributed by atoms with E-state index in [4.69, 9.17) is 9.47 Å². The topological polar surface area (TPSA) is 43.4 Å². The predicted molar refractivity (Wildman–Crippen MR) is 84.3 cm³/mol. The number of pyridine rings is 1. The van der Waals surface area contributed by atoms with E-state index >= 15 is 0 Å². The van der Waals surface area contributed by atoms with E-state index in [1.807, 2.05) is 25.3 Å². The Morgan fingerprint density at radius 3 is 2.76 bits per heavy atom. The Morgan fingerprint density at radius 2 is 2.00 bits per heavy atom. The highest BCUT2D eigenvalue weighted by molar-refractivity contribution is 5.46. The minimum absolute atomic E-state index is 0.602. The normalized spacial score (nSPS) is 10.6. The lowest BCUT2D eigenvalue weighted by Crippen LogP contribution is -2.03. The maximum atomic E-state index is 5.53. The SMILES string of the molecule is COCCOCc1cccc(NCc2ccc(C)nc2)c1. The lowest BCUT2D eigenvalue weighted by Gasteiger charge is -2.09. The van der Waals surface area contributed by atoms with Crippen molar-refractivity contribution in [2.75, 3.05) is 25.6 Å². The van der Waals surface area contributed by atoms with Crippen molar-refractivity contribution in [3.63, 3.8) is 0 Å². The second-order valence-corrected chi connectivity index (χ2v) is 4.91. The first-order chi connectivity index (χ1) is 10.3. The van der Waals surface area contributed by atoms with Gasteiger partial charge in [-0.2, -0.15) is 0 Å². The Morgan fingerprint density at radius 1 is 1.10 bits per heavy atom. The monoisotopic (exact) mass is 286 g/mol. The molecule has 0 saturated heterocycles. The van der Waals surface area contributed by atoms with Gasteiger partial charge in [0.05, 0.1) is 19.8 Å². The van der Waals surface area contributed by atoms with Crippen molar-refractivity contribution in [3.05, 3.63) is 59.4 Å². The summed E-state index contributed by atoms with van der Waals surface area (Å²) in [5.74, 6) is 0. The first kappa shape index (κ1) is 15.5. The molecular formula is C17H22N2O2. The van der Waals surface area contributed by atoms with Gasteiger partial charge in [0.1, 0.15) is 0 Å². The number of nitrogens with one attached hydrogen (secondary N) is 1. The summed E-state index contributed by atoms with van der Waals surface area (Å²) in [5, 5.41) is 3.40. The Bertz CT molecular complexity index is 541. The fraction of sp³-hybridized carbons (Fsp3) is 0.353. The van der Waals surface area contributed by atoms with Crippen molar-refractivity contribution in [1.82, 2.24) is 4.98 Å². The summed E-state index contributed by atoms with van der Waals surface area (Å²) in [6, 6.07) is 12.4. The highest BCUT2D eigenvalue weighted by atomic mass is 16.5. The Kier molecular flexibility index (Phi) is 6.19. The number of hydrogen-bond donors (Lipinski definition) is 1. The third-order valence-corrected chi connectivity index (χ3v) is 3.10. The number of aromatic nitrogens is 1. The highest BCUT2D eigenvalue weighted by Gasteiger charge is 1.98. The third kappa shape index (κ3) is 5.53. The van der Waals surface area contributed by atoms with Crippen molar-refractivity contribution >= 4 is 5.69 Å². The van der Waals surface area contributed by atoms with Crippen LogP contribution in [0.1, 0.15) is 16.8 Å². The van der Waals surface area contributed by atoms with Crippen LogP contribution in [0.4, 0.5) is 5.69 Å². The maximum Gasteiger partial charge on any atom is 0.0718 e.